The zero-order valence-corrected chi connectivity index (χ0v) is 18.3. The van der Waals surface area contributed by atoms with Gasteiger partial charge in [-0.15, -0.1) is 11.3 Å². The average Bonchev–Trinajstić information content (AvgIpc) is 3.45. The van der Waals surface area contributed by atoms with Crippen LogP contribution in [0.15, 0.2) is 84.5 Å². The fourth-order valence-electron chi connectivity index (χ4n) is 3.61. The van der Waals surface area contributed by atoms with Crippen LogP contribution in [0.1, 0.15) is 54.3 Å². The molecule has 152 valence electrons. The lowest BCUT2D eigenvalue weighted by Gasteiger charge is -2.11. The summed E-state index contributed by atoms with van der Waals surface area (Å²) in [5, 5.41) is 3.52. The number of rotatable bonds is 8. The normalized spacial score (nSPS) is 13.0. The van der Waals surface area contributed by atoms with E-state index >= 15 is 0 Å². The number of benzene rings is 2. The van der Waals surface area contributed by atoms with Crippen molar-refractivity contribution in [1.29, 1.82) is 0 Å². The van der Waals surface area contributed by atoms with Gasteiger partial charge in [0, 0.05) is 22.7 Å². The summed E-state index contributed by atoms with van der Waals surface area (Å²) in [6.07, 6.45) is 8.77. The van der Waals surface area contributed by atoms with Gasteiger partial charge >= 0.3 is 0 Å². The highest BCUT2D eigenvalue weighted by atomic mass is 32.1. The lowest BCUT2D eigenvalue weighted by molar-refractivity contribution is 0.0986. The van der Waals surface area contributed by atoms with Crippen LogP contribution in [-0.4, -0.2) is 5.78 Å². The number of carbonyl (C=O) groups excluding carboxylic acids is 1. The van der Waals surface area contributed by atoms with E-state index in [-0.39, 0.29) is 5.78 Å². The number of anilines is 2. The Bertz CT molecular complexity index is 1100. The van der Waals surface area contributed by atoms with Crippen LogP contribution < -0.4 is 5.32 Å². The van der Waals surface area contributed by atoms with Crippen LogP contribution in [0.3, 0.4) is 0 Å². The number of thiophene rings is 1. The predicted octanol–water partition coefficient (Wildman–Crippen LogP) is 8.13. The van der Waals surface area contributed by atoms with Gasteiger partial charge in [-0.3, -0.25) is 4.79 Å². The molecule has 2 aromatic carbocycles. The molecule has 0 atom stereocenters. The summed E-state index contributed by atoms with van der Waals surface area (Å²) in [5.41, 5.74) is 5.94. The monoisotopic (exact) mass is 413 g/mol. The van der Waals surface area contributed by atoms with E-state index in [2.05, 4.69) is 92.0 Å². The molecule has 3 aromatic rings. The molecule has 0 saturated carbocycles. The second kappa shape index (κ2) is 9.27. The van der Waals surface area contributed by atoms with Crippen molar-refractivity contribution in [2.24, 2.45) is 0 Å². The summed E-state index contributed by atoms with van der Waals surface area (Å²) in [4.78, 5) is 14.6. The van der Waals surface area contributed by atoms with E-state index in [1.54, 1.807) is 11.3 Å². The molecule has 0 fully saturated rings. The maximum Gasteiger partial charge on any atom is 0.173 e. The Morgan fingerprint density at radius 3 is 2.60 bits per heavy atom. The molecule has 1 aromatic heterocycles. The molecule has 0 aliphatic heterocycles. The Morgan fingerprint density at radius 1 is 1.03 bits per heavy atom. The fourth-order valence-corrected chi connectivity index (χ4v) is 4.58. The topological polar surface area (TPSA) is 29.1 Å². The molecule has 4 rings (SSSR count). The molecule has 1 N–H and O–H groups in total. The molecule has 1 heterocycles. The van der Waals surface area contributed by atoms with Gasteiger partial charge in [-0.25, -0.2) is 0 Å². The minimum Gasteiger partial charge on any atom is -0.356 e. The molecule has 30 heavy (non-hydrogen) atoms. The third-order valence-corrected chi connectivity index (χ3v) is 6.57. The highest BCUT2D eigenvalue weighted by molar-refractivity contribution is 7.17. The number of ketones is 1. The summed E-state index contributed by atoms with van der Waals surface area (Å²) in [7, 11) is 0. The van der Waals surface area contributed by atoms with Crippen molar-refractivity contribution in [3.63, 3.8) is 0 Å². The molecular weight excluding hydrogens is 386 g/mol. The molecule has 0 amide bonds. The lowest BCUT2D eigenvalue weighted by atomic mass is 10.0. The lowest BCUT2D eigenvalue weighted by Crippen LogP contribution is -1.96. The molecular formula is C27H27NOS. The van der Waals surface area contributed by atoms with Crippen LogP contribution in [0.4, 0.5) is 11.4 Å². The second-order valence-corrected chi connectivity index (χ2v) is 9.11. The third-order valence-electron chi connectivity index (χ3n) is 5.39. The molecule has 0 unspecified atom stereocenters. The Morgan fingerprint density at radius 2 is 1.83 bits per heavy atom. The fraction of sp³-hybridized carbons (Fsp3) is 0.222. The minimum atomic E-state index is 0.235. The van der Waals surface area contributed by atoms with Gasteiger partial charge in [0.2, 0.25) is 0 Å². The van der Waals surface area contributed by atoms with Gasteiger partial charge < -0.3 is 5.32 Å². The number of allylic oxidation sites excluding steroid dienone is 4. The number of Topliss-reactive ketones (excluding diaryl/α,β-unsaturated/α-hetero) is 1. The largest absolute Gasteiger partial charge is 0.356 e. The molecule has 2 nitrogen and oxygen atoms in total. The van der Waals surface area contributed by atoms with Gasteiger partial charge in [-0.2, -0.15) is 0 Å². The highest BCUT2D eigenvalue weighted by Crippen LogP contribution is 2.32. The van der Waals surface area contributed by atoms with Crippen LogP contribution in [-0.2, 0) is 0 Å². The second-order valence-electron chi connectivity index (χ2n) is 8.03. The number of nitrogens with one attached hydrogen (secondary N) is 1. The van der Waals surface area contributed by atoms with Crippen molar-refractivity contribution < 1.29 is 4.79 Å². The van der Waals surface area contributed by atoms with Crippen LogP contribution in [0.5, 0.6) is 0 Å². The Kier molecular flexibility index (Phi) is 6.29. The maximum absolute atomic E-state index is 12.6. The summed E-state index contributed by atoms with van der Waals surface area (Å²) in [6, 6.07) is 21.0. The van der Waals surface area contributed by atoms with Gasteiger partial charge in [0.15, 0.2) is 5.78 Å². The van der Waals surface area contributed by atoms with Gasteiger partial charge in [0.25, 0.3) is 0 Å². The Balaban J connectivity index is 1.45. The van der Waals surface area contributed by atoms with Crippen LogP contribution >= 0.6 is 11.3 Å². The van der Waals surface area contributed by atoms with Gasteiger partial charge in [-0.05, 0) is 66.3 Å². The summed E-state index contributed by atoms with van der Waals surface area (Å²) in [6.45, 7) is 4.41. The minimum absolute atomic E-state index is 0.235. The highest BCUT2D eigenvalue weighted by Gasteiger charge is 2.12. The van der Waals surface area contributed by atoms with Gasteiger partial charge in [0.1, 0.15) is 0 Å². The quantitative estimate of drug-likeness (QED) is 0.378. The van der Waals surface area contributed by atoms with Crippen LogP contribution in [0.2, 0.25) is 0 Å². The van der Waals surface area contributed by atoms with Crippen molar-refractivity contribution >= 4 is 28.5 Å². The van der Waals surface area contributed by atoms with E-state index in [9.17, 15) is 4.79 Å². The average molecular weight is 414 g/mol. The number of hydrogen-bond donors (Lipinski definition) is 1. The Labute approximate surface area is 183 Å². The number of carbonyl (C=O) groups is 1. The van der Waals surface area contributed by atoms with Crippen LogP contribution in [0, 0.1) is 0 Å². The summed E-state index contributed by atoms with van der Waals surface area (Å²) >= 11 is 1.59. The Hall–Kier alpha value is -2.91. The first-order valence-electron chi connectivity index (χ1n) is 10.5. The predicted molar refractivity (Wildman–Crippen MR) is 129 cm³/mol. The molecule has 1 aliphatic rings. The van der Waals surface area contributed by atoms with Crippen molar-refractivity contribution in [2.45, 2.75) is 39.0 Å². The summed E-state index contributed by atoms with van der Waals surface area (Å²) in [5.74, 6) is 0.736. The van der Waals surface area contributed by atoms with E-state index in [1.165, 1.54) is 11.1 Å². The standard InChI is InChI=1S/C27H27NOS/c1-19(2)21-9-5-11-23(17-21)28-24-12-6-10-22(18-24)26-15-16-27(30-26)25(29)14-13-20-7-3-4-8-20/h3-7,9-12,15-19,28H,8,13-14H2,1-2H3. The van der Waals surface area contributed by atoms with E-state index in [1.807, 2.05) is 6.07 Å². The third kappa shape index (κ3) is 4.98. The first kappa shape index (κ1) is 20.4. The smallest absolute Gasteiger partial charge is 0.173 e. The maximum atomic E-state index is 12.6. The molecule has 0 radical (unpaired) electrons. The van der Waals surface area contributed by atoms with Crippen LogP contribution in [0.25, 0.3) is 10.4 Å². The molecule has 0 bridgehead atoms. The SMILES string of the molecule is CC(C)c1cccc(Nc2cccc(-c3ccc(C(=O)CCC4=CC=CC4)s3)c2)c1. The zero-order chi connectivity index (χ0) is 20.9. The molecule has 0 spiro atoms. The zero-order valence-electron chi connectivity index (χ0n) is 17.5. The van der Waals surface area contributed by atoms with Crippen molar-refractivity contribution in [2.75, 3.05) is 5.32 Å². The van der Waals surface area contributed by atoms with E-state index in [4.69, 9.17) is 0 Å². The van der Waals surface area contributed by atoms with E-state index in [0.717, 1.165) is 39.5 Å². The van der Waals surface area contributed by atoms with Gasteiger partial charge in [-0.1, -0.05) is 61.9 Å². The number of hydrogen-bond acceptors (Lipinski definition) is 3. The molecule has 0 saturated heterocycles. The van der Waals surface area contributed by atoms with E-state index < -0.39 is 0 Å². The van der Waals surface area contributed by atoms with E-state index in [0.29, 0.717) is 12.3 Å². The van der Waals surface area contributed by atoms with Gasteiger partial charge in [0.05, 0.1) is 4.88 Å². The van der Waals surface area contributed by atoms with Crippen molar-refractivity contribution in [3.05, 3.63) is 94.9 Å². The summed E-state index contributed by atoms with van der Waals surface area (Å²) < 4.78 is 0. The molecule has 3 heteroatoms. The van der Waals surface area contributed by atoms with Crippen molar-refractivity contribution in [1.82, 2.24) is 0 Å². The molecule has 1 aliphatic carbocycles. The van der Waals surface area contributed by atoms with Crippen molar-refractivity contribution in [3.8, 4) is 10.4 Å². The first-order valence-corrected chi connectivity index (χ1v) is 11.3. The first-order chi connectivity index (χ1) is 14.6.